The van der Waals surface area contributed by atoms with Gasteiger partial charge in [-0.1, -0.05) is 19.3 Å². The quantitative estimate of drug-likeness (QED) is 0.902. The van der Waals surface area contributed by atoms with Crippen molar-refractivity contribution in [1.29, 1.82) is 0 Å². The summed E-state index contributed by atoms with van der Waals surface area (Å²) in [5.74, 6) is -0.390. The predicted octanol–water partition coefficient (Wildman–Crippen LogP) is 2.67. The second-order valence-corrected chi connectivity index (χ2v) is 6.94. The molecule has 0 aliphatic heterocycles. The summed E-state index contributed by atoms with van der Waals surface area (Å²) in [5, 5.41) is 5.90. The zero-order valence-corrected chi connectivity index (χ0v) is 13.6. The Morgan fingerprint density at radius 3 is 2.45 bits per heavy atom. The van der Waals surface area contributed by atoms with E-state index in [0.717, 1.165) is 25.7 Å². The van der Waals surface area contributed by atoms with E-state index in [0.29, 0.717) is 11.3 Å². The van der Waals surface area contributed by atoms with Crippen molar-refractivity contribution in [3.8, 4) is 0 Å². The molecule has 2 amide bonds. The van der Waals surface area contributed by atoms with Gasteiger partial charge in [0.05, 0.1) is 0 Å². The van der Waals surface area contributed by atoms with Crippen LogP contribution in [0.5, 0.6) is 0 Å². The minimum Gasteiger partial charge on any atom is -0.348 e. The molecule has 0 spiro atoms. The van der Waals surface area contributed by atoms with Crippen molar-refractivity contribution in [2.75, 3.05) is 0 Å². The highest BCUT2D eigenvalue weighted by Crippen LogP contribution is 2.17. The lowest BCUT2D eigenvalue weighted by Gasteiger charge is -2.22. The molecule has 0 unspecified atom stereocenters. The summed E-state index contributed by atoms with van der Waals surface area (Å²) in [6.45, 7) is 5.76. The van der Waals surface area contributed by atoms with Crippen molar-refractivity contribution >= 4 is 11.8 Å². The molecule has 1 heterocycles. The Labute approximate surface area is 131 Å². The van der Waals surface area contributed by atoms with Gasteiger partial charge in [-0.05, 0) is 45.7 Å². The summed E-state index contributed by atoms with van der Waals surface area (Å²) in [6, 6.07) is 3.41. The summed E-state index contributed by atoms with van der Waals surface area (Å²) in [4.78, 5) is 28.5. The Kier molecular flexibility index (Phi) is 5.16. The molecule has 1 saturated carbocycles. The Balaban J connectivity index is 2.03. The van der Waals surface area contributed by atoms with Crippen LogP contribution >= 0.6 is 0 Å². The molecule has 5 nitrogen and oxygen atoms in total. The number of amides is 2. The fraction of sp³-hybridized carbons (Fsp3) is 0.588. The van der Waals surface area contributed by atoms with Crippen molar-refractivity contribution in [2.24, 2.45) is 0 Å². The molecule has 120 valence electrons. The van der Waals surface area contributed by atoms with E-state index in [-0.39, 0.29) is 23.4 Å². The number of nitrogens with zero attached hydrogens (tertiary/aromatic N) is 1. The first-order valence-electron chi connectivity index (χ1n) is 7.94. The van der Waals surface area contributed by atoms with Crippen LogP contribution in [-0.4, -0.2) is 28.4 Å². The average Bonchev–Trinajstić information content (AvgIpc) is 2.46. The molecule has 2 rings (SSSR count). The minimum atomic E-state index is -0.315. The first kappa shape index (κ1) is 16.5. The molecule has 0 radical (unpaired) electrons. The zero-order valence-electron chi connectivity index (χ0n) is 13.6. The molecule has 1 aliphatic carbocycles. The lowest BCUT2D eigenvalue weighted by molar-refractivity contribution is 0.0919. The van der Waals surface area contributed by atoms with Crippen LogP contribution in [-0.2, 0) is 0 Å². The van der Waals surface area contributed by atoms with E-state index < -0.39 is 0 Å². The van der Waals surface area contributed by atoms with Gasteiger partial charge in [-0.3, -0.25) is 14.6 Å². The van der Waals surface area contributed by atoms with Crippen LogP contribution in [0.2, 0.25) is 0 Å². The van der Waals surface area contributed by atoms with Crippen LogP contribution in [0.4, 0.5) is 0 Å². The molecule has 5 heteroatoms. The van der Waals surface area contributed by atoms with Crippen LogP contribution in [0, 0.1) is 0 Å². The molecular formula is C17H25N3O2. The van der Waals surface area contributed by atoms with Crippen LogP contribution in [0.1, 0.15) is 73.7 Å². The molecule has 22 heavy (non-hydrogen) atoms. The summed E-state index contributed by atoms with van der Waals surface area (Å²) in [6.07, 6.45) is 7.12. The highest BCUT2D eigenvalue weighted by atomic mass is 16.2. The Hall–Kier alpha value is -1.91. The van der Waals surface area contributed by atoms with Gasteiger partial charge in [0.15, 0.2) is 0 Å². The molecule has 0 saturated heterocycles. The summed E-state index contributed by atoms with van der Waals surface area (Å²) in [5.41, 5.74) is 0.441. The van der Waals surface area contributed by atoms with Gasteiger partial charge in [0.25, 0.3) is 11.8 Å². The van der Waals surface area contributed by atoms with Crippen LogP contribution in [0.25, 0.3) is 0 Å². The summed E-state index contributed by atoms with van der Waals surface area (Å²) in [7, 11) is 0. The highest BCUT2D eigenvalue weighted by molar-refractivity contribution is 5.98. The summed E-state index contributed by atoms with van der Waals surface area (Å²) >= 11 is 0. The van der Waals surface area contributed by atoms with Crippen molar-refractivity contribution in [1.82, 2.24) is 15.6 Å². The zero-order chi connectivity index (χ0) is 16.2. The maximum atomic E-state index is 12.3. The van der Waals surface area contributed by atoms with Gasteiger partial charge in [-0.2, -0.15) is 0 Å². The maximum absolute atomic E-state index is 12.3. The fourth-order valence-corrected chi connectivity index (χ4v) is 2.61. The van der Waals surface area contributed by atoms with Crippen LogP contribution < -0.4 is 10.6 Å². The number of hydrogen-bond acceptors (Lipinski definition) is 3. The van der Waals surface area contributed by atoms with Crippen LogP contribution in [0.3, 0.4) is 0 Å². The molecule has 2 N–H and O–H groups in total. The first-order valence-corrected chi connectivity index (χ1v) is 7.94. The Bertz CT molecular complexity index is 543. The van der Waals surface area contributed by atoms with E-state index in [2.05, 4.69) is 15.6 Å². The molecule has 1 fully saturated rings. The minimum absolute atomic E-state index is 0.193. The van der Waals surface area contributed by atoms with Gasteiger partial charge in [0.1, 0.15) is 5.69 Å². The first-order chi connectivity index (χ1) is 10.3. The van der Waals surface area contributed by atoms with E-state index in [9.17, 15) is 9.59 Å². The van der Waals surface area contributed by atoms with Gasteiger partial charge in [0.2, 0.25) is 0 Å². The standard InChI is InChI=1S/C17H25N3O2/c1-17(2,3)20-15(21)12-9-10-18-14(11-12)16(22)19-13-7-5-4-6-8-13/h9-11,13H,4-8H2,1-3H3,(H,19,22)(H,20,21). The van der Waals surface area contributed by atoms with Gasteiger partial charge in [-0.15, -0.1) is 0 Å². The second kappa shape index (κ2) is 6.90. The molecule has 0 atom stereocenters. The SMILES string of the molecule is CC(C)(C)NC(=O)c1ccnc(C(=O)NC2CCCCC2)c1. The third kappa shape index (κ3) is 4.83. The van der Waals surface area contributed by atoms with Gasteiger partial charge in [0, 0.05) is 23.3 Å². The fourth-order valence-electron chi connectivity index (χ4n) is 2.61. The molecule has 1 aromatic rings. The Morgan fingerprint density at radius 1 is 1.14 bits per heavy atom. The highest BCUT2D eigenvalue weighted by Gasteiger charge is 2.19. The van der Waals surface area contributed by atoms with Crippen LogP contribution in [0.15, 0.2) is 18.3 Å². The normalized spacial score (nSPS) is 16.1. The molecule has 0 aromatic carbocycles. The average molecular weight is 303 g/mol. The molecule has 0 bridgehead atoms. The third-order valence-corrected chi connectivity index (χ3v) is 3.68. The summed E-state index contributed by atoms with van der Waals surface area (Å²) < 4.78 is 0. The lowest BCUT2D eigenvalue weighted by Crippen LogP contribution is -2.41. The van der Waals surface area contributed by atoms with Gasteiger partial charge >= 0.3 is 0 Å². The largest absolute Gasteiger partial charge is 0.348 e. The van der Waals surface area contributed by atoms with E-state index >= 15 is 0 Å². The molecular weight excluding hydrogens is 278 g/mol. The number of carbonyl (C=O) groups is 2. The Morgan fingerprint density at radius 2 is 1.82 bits per heavy atom. The van der Waals surface area contributed by atoms with E-state index in [4.69, 9.17) is 0 Å². The number of carbonyl (C=O) groups excluding carboxylic acids is 2. The number of aromatic nitrogens is 1. The van der Waals surface area contributed by atoms with E-state index in [1.807, 2.05) is 20.8 Å². The number of rotatable bonds is 3. The van der Waals surface area contributed by atoms with E-state index in [1.165, 1.54) is 12.6 Å². The monoisotopic (exact) mass is 303 g/mol. The van der Waals surface area contributed by atoms with Crippen molar-refractivity contribution < 1.29 is 9.59 Å². The predicted molar refractivity (Wildman–Crippen MR) is 85.8 cm³/mol. The topological polar surface area (TPSA) is 71.1 Å². The van der Waals surface area contributed by atoms with Crippen molar-refractivity contribution in [2.45, 2.75) is 64.5 Å². The van der Waals surface area contributed by atoms with Crippen molar-refractivity contribution in [3.05, 3.63) is 29.6 Å². The van der Waals surface area contributed by atoms with Gasteiger partial charge < -0.3 is 10.6 Å². The molecule has 1 aliphatic rings. The smallest absolute Gasteiger partial charge is 0.270 e. The number of nitrogens with one attached hydrogen (secondary N) is 2. The van der Waals surface area contributed by atoms with E-state index in [1.54, 1.807) is 12.1 Å². The molecule has 1 aromatic heterocycles. The third-order valence-electron chi connectivity index (χ3n) is 3.68. The lowest BCUT2D eigenvalue weighted by atomic mass is 9.95. The number of pyridine rings is 1. The number of hydrogen-bond donors (Lipinski definition) is 2. The van der Waals surface area contributed by atoms with Crippen molar-refractivity contribution in [3.63, 3.8) is 0 Å². The maximum Gasteiger partial charge on any atom is 0.270 e. The second-order valence-electron chi connectivity index (χ2n) is 6.94. The van der Waals surface area contributed by atoms with Gasteiger partial charge in [-0.25, -0.2) is 0 Å².